The Hall–Kier alpha value is -0.640. The van der Waals surface area contributed by atoms with E-state index in [4.69, 9.17) is 0 Å². The molecule has 4 heteroatoms. The number of aromatic nitrogens is 2. The zero-order chi connectivity index (χ0) is 11.5. The largest absolute Gasteiger partial charge is 0.359 e. The first kappa shape index (κ1) is 11.8. The van der Waals surface area contributed by atoms with Crippen molar-refractivity contribution in [2.45, 2.75) is 32.6 Å². The van der Waals surface area contributed by atoms with Crippen molar-refractivity contribution in [1.29, 1.82) is 0 Å². The predicted molar refractivity (Wildman–Crippen MR) is 69.7 cm³/mol. The molecule has 1 heterocycles. The van der Waals surface area contributed by atoms with Gasteiger partial charge in [-0.15, -0.1) is 0 Å². The number of halogens is 1. The highest BCUT2D eigenvalue weighted by atomic mass is 79.9. The molecule has 0 aromatic carbocycles. The van der Waals surface area contributed by atoms with Gasteiger partial charge in [0.2, 0.25) is 0 Å². The molecule has 0 atom stereocenters. The van der Waals surface area contributed by atoms with Crippen molar-refractivity contribution in [1.82, 2.24) is 9.97 Å². The highest BCUT2D eigenvalue weighted by Gasteiger charge is 2.20. The molecule has 1 saturated carbocycles. The number of hydrogen-bond donors (Lipinski definition) is 0. The van der Waals surface area contributed by atoms with E-state index in [0.29, 0.717) is 0 Å². The standard InChI is InChI=1S/C12H18BrN3/c1-3-11-14-10(13)7-12(15-11)16(2)8-9-5-4-6-9/h7,9H,3-6,8H2,1-2H3. The van der Waals surface area contributed by atoms with Crippen molar-refractivity contribution in [3.05, 3.63) is 16.5 Å². The maximum Gasteiger partial charge on any atom is 0.133 e. The zero-order valence-electron chi connectivity index (χ0n) is 9.91. The van der Waals surface area contributed by atoms with E-state index in [1.54, 1.807) is 0 Å². The number of rotatable bonds is 4. The van der Waals surface area contributed by atoms with Crippen LogP contribution < -0.4 is 4.90 Å². The molecule has 1 aromatic heterocycles. The highest BCUT2D eigenvalue weighted by Crippen LogP contribution is 2.28. The monoisotopic (exact) mass is 283 g/mol. The summed E-state index contributed by atoms with van der Waals surface area (Å²) < 4.78 is 0.884. The lowest BCUT2D eigenvalue weighted by atomic mass is 9.85. The van der Waals surface area contributed by atoms with Crippen LogP contribution in [0.1, 0.15) is 32.0 Å². The van der Waals surface area contributed by atoms with Gasteiger partial charge in [0.15, 0.2) is 0 Å². The van der Waals surface area contributed by atoms with E-state index in [2.05, 4.69) is 44.8 Å². The topological polar surface area (TPSA) is 29.0 Å². The summed E-state index contributed by atoms with van der Waals surface area (Å²) in [6.07, 6.45) is 5.02. The normalized spacial score (nSPS) is 15.9. The average molecular weight is 284 g/mol. The fourth-order valence-electron chi connectivity index (χ4n) is 1.96. The molecular formula is C12H18BrN3. The van der Waals surface area contributed by atoms with E-state index in [1.165, 1.54) is 19.3 Å². The Morgan fingerprint density at radius 1 is 1.44 bits per heavy atom. The van der Waals surface area contributed by atoms with Gasteiger partial charge in [-0.05, 0) is 34.7 Å². The van der Waals surface area contributed by atoms with E-state index in [1.807, 2.05) is 6.07 Å². The Morgan fingerprint density at radius 3 is 2.75 bits per heavy atom. The van der Waals surface area contributed by atoms with Gasteiger partial charge in [-0.3, -0.25) is 0 Å². The molecule has 0 amide bonds. The summed E-state index contributed by atoms with van der Waals surface area (Å²) in [5, 5.41) is 0. The lowest BCUT2D eigenvalue weighted by Gasteiger charge is -2.30. The van der Waals surface area contributed by atoms with Crippen molar-refractivity contribution >= 4 is 21.7 Å². The Kier molecular flexibility index (Phi) is 3.79. The molecule has 0 radical (unpaired) electrons. The lowest BCUT2D eigenvalue weighted by Crippen LogP contribution is -2.30. The van der Waals surface area contributed by atoms with Gasteiger partial charge in [0.05, 0.1) is 0 Å². The molecule has 0 unspecified atom stereocenters. The molecule has 1 fully saturated rings. The SMILES string of the molecule is CCc1nc(Br)cc(N(C)CC2CCC2)n1. The first-order valence-electron chi connectivity index (χ1n) is 5.93. The molecule has 0 aliphatic heterocycles. The lowest BCUT2D eigenvalue weighted by molar-refractivity contribution is 0.321. The summed E-state index contributed by atoms with van der Waals surface area (Å²) in [5.41, 5.74) is 0. The molecule has 3 nitrogen and oxygen atoms in total. The number of aryl methyl sites for hydroxylation is 1. The third-order valence-electron chi connectivity index (χ3n) is 3.19. The van der Waals surface area contributed by atoms with Crippen LogP contribution in [0.4, 0.5) is 5.82 Å². The summed E-state index contributed by atoms with van der Waals surface area (Å²) in [4.78, 5) is 11.1. The van der Waals surface area contributed by atoms with Crippen LogP contribution in [-0.2, 0) is 6.42 Å². The zero-order valence-corrected chi connectivity index (χ0v) is 11.5. The van der Waals surface area contributed by atoms with Gasteiger partial charge in [-0.2, -0.15) is 0 Å². The van der Waals surface area contributed by atoms with Crippen LogP contribution >= 0.6 is 15.9 Å². The second-order valence-electron chi connectivity index (χ2n) is 4.50. The molecule has 16 heavy (non-hydrogen) atoms. The summed E-state index contributed by atoms with van der Waals surface area (Å²) in [6, 6.07) is 2.00. The van der Waals surface area contributed by atoms with Crippen LogP contribution in [0.15, 0.2) is 10.7 Å². The molecule has 0 N–H and O–H groups in total. The summed E-state index contributed by atoms with van der Waals surface area (Å²) in [7, 11) is 2.12. The van der Waals surface area contributed by atoms with E-state index >= 15 is 0 Å². The van der Waals surface area contributed by atoms with E-state index in [0.717, 1.165) is 35.1 Å². The molecule has 1 aromatic rings. The van der Waals surface area contributed by atoms with Crippen molar-refractivity contribution < 1.29 is 0 Å². The second-order valence-corrected chi connectivity index (χ2v) is 5.31. The fourth-order valence-corrected chi connectivity index (χ4v) is 2.37. The maximum atomic E-state index is 4.55. The van der Waals surface area contributed by atoms with Crippen LogP contribution in [0, 0.1) is 5.92 Å². The molecule has 0 spiro atoms. The molecule has 1 aliphatic rings. The second kappa shape index (κ2) is 5.13. The van der Waals surface area contributed by atoms with Gasteiger partial charge in [0.1, 0.15) is 16.2 Å². The third kappa shape index (κ3) is 2.73. The van der Waals surface area contributed by atoms with Gasteiger partial charge >= 0.3 is 0 Å². The summed E-state index contributed by atoms with van der Waals surface area (Å²) in [5.74, 6) is 2.80. The van der Waals surface area contributed by atoms with Gasteiger partial charge in [0, 0.05) is 26.1 Å². The highest BCUT2D eigenvalue weighted by molar-refractivity contribution is 9.10. The minimum atomic E-state index is 0.865. The third-order valence-corrected chi connectivity index (χ3v) is 3.60. The van der Waals surface area contributed by atoms with Crippen LogP contribution in [0.25, 0.3) is 0 Å². The Morgan fingerprint density at radius 2 is 2.19 bits per heavy atom. The van der Waals surface area contributed by atoms with Gasteiger partial charge < -0.3 is 4.90 Å². The number of anilines is 1. The Balaban J connectivity index is 2.08. The molecule has 88 valence electrons. The predicted octanol–water partition coefficient (Wildman–Crippen LogP) is 3.04. The van der Waals surface area contributed by atoms with E-state index < -0.39 is 0 Å². The average Bonchev–Trinajstić information content (AvgIpc) is 2.22. The minimum Gasteiger partial charge on any atom is -0.359 e. The smallest absolute Gasteiger partial charge is 0.133 e. The Bertz CT molecular complexity index is 363. The van der Waals surface area contributed by atoms with Crippen LogP contribution in [0.5, 0.6) is 0 Å². The first-order valence-corrected chi connectivity index (χ1v) is 6.73. The fraction of sp³-hybridized carbons (Fsp3) is 0.667. The van der Waals surface area contributed by atoms with Crippen LogP contribution in [0.2, 0.25) is 0 Å². The van der Waals surface area contributed by atoms with Gasteiger partial charge in [0.25, 0.3) is 0 Å². The van der Waals surface area contributed by atoms with Crippen molar-refractivity contribution in [3.63, 3.8) is 0 Å². The van der Waals surface area contributed by atoms with Gasteiger partial charge in [-0.1, -0.05) is 13.3 Å². The maximum absolute atomic E-state index is 4.55. The minimum absolute atomic E-state index is 0.865. The van der Waals surface area contributed by atoms with Crippen molar-refractivity contribution in [2.24, 2.45) is 5.92 Å². The van der Waals surface area contributed by atoms with Crippen molar-refractivity contribution in [3.8, 4) is 0 Å². The molecule has 2 rings (SSSR count). The van der Waals surface area contributed by atoms with E-state index in [-0.39, 0.29) is 0 Å². The molecule has 1 aliphatic carbocycles. The molecule has 0 saturated heterocycles. The Labute approximate surface area is 105 Å². The summed E-state index contributed by atoms with van der Waals surface area (Å²) >= 11 is 3.44. The number of nitrogens with zero attached hydrogens (tertiary/aromatic N) is 3. The van der Waals surface area contributed by atoms with Crippen molar-refractivity contribution in [2.75, 3.05) is 18.5 Å². The first-order chi connectivity index (χ1) is 7.69. The molecular weight excluding hydrogens is 266 g/mol. The summed E-state index contributed by atoms with van der Waals surface area (Å²) in [6.45, 7) is 3.20. The number of hydrogen-bond acceptors (Lipinski definition) is 3. The quantitative estimate of drug-likeness (QED) is 0.796. The molecule has 0 bridgehead atoms. The van der Waals surface area contributed by atoms with E-state index in [9.17, 15) is 0 Å². The van der Waals surface area contributed by atoms with Gasteiger partial charge in [-0.25, -0.2) is 9.97 Å². The van der Waals surface area contributed by atoms with Crippen LogP contribution in [-0.4, -0.2) is 23.6 Å². The van der Waals surface area contributed by atoms with Crippen LogP contribution in [0.3, 0.4) is 0 Å².